The summed E-state index contributed by atoms with van der Waals surface area (Å²) in [5, 5.41) is 0. The third-order valence-corrected chi connectivity index (χ3v) is 4.12. The molecule has 0 radical (unpaired) electrons. The van der Waals surface area contributed by atoms with Crippen molar-refractivity contribution in [3.63, 3.8) is 0 Å². The molecule has 0 aliphatic carbocycles. The summed E-state index contributed by atoms with van der Waals surface area (Å²) in [5.74, 6) is -1.49. The van der Waals surface area contributed by atoms with Crippen LogP contribution >= 0.6 is 0 Å². The van der Waals surface area contributed by atoms with Crippen LogP contribution in [-0.2, 0) is 12.8 Å². The van der Waals surface area contributed by atoms with E-state index >= 15 is 0 Å². The Kier molecular flexibility index (Phi) is 6.10. The van der Waals surface area contributed by atoms with Crippen LogP contribution in [0.2, 0.25) is 0 Å². The Morgan fingerprint density at radius 1 is 1.10 bits per heavy atom. The minimum Gasteiger partial charge on any atom is -0.488 e. The highest BCUT2D eigenvalue weighted by atomic mass is 19.4. The minimum atomic E-state index is -4.88. The summed E-state index contributed by atoms with van der Waals surface area (Å²) in [6.07, 6.45) is -3.52. The molecule has 0 aliphatic heterocycles. The number of hydrogen-bond donors (Lipinski definition) is 1. The first-order chi connectivity index (χ1) is 14.3. The van der Waals surface area contributed by atoms with Crippen LogP contribution in [0.15, 0.2) is 59.6 Å². The Morgan fingerprint density at radius 3 is 2.47 bits per heavy atom. The van der Waals surface area contributed by atoms with Crippen LogP contribution in [-0.4, -0.2) is 17.6 Å². The highest BCUT2D eigenvalue weighted by molar-refractivity contribution is 5.88. The van der Waals surface area contributed by atoms with Crippen LogP contribution < -0.4 is 10.5 Å². The fraction of sp³-hybridized carbons (Fsp3) is 0.0952. The van der Waals surface area contributed by atoms with Gasteiger partial charge in [-0.25, -0.2) is 14.4 Å². The number of carbonyl (C=O) groups is 1. The Balaban J connectivity index is 2.09. The first-order valence-corrected chi connectivity index (χ1v) is 8.62. The molecule has 2 N–H and O–H groups in total. The normalized spacial score (nSPS) is 11.6. The van der Waals surface area contributed by atoms with E-state index in [1.807, 2.05) is 6.07 Å². The van der Waals surface area contributed by atoms with Gasteiger partial charge in [0.25, 0.3) is 0 Å². The molecule has 30 heavy (non-hydrogen) atoms. The summed E-state index contributed by atoms with van der Waals surface area (Å²) < 4.78 is 58.6. The van der Waals surface area contributed by atoms with Crippen molar-refractivity contribution in [2.45, 2.75) is 12.8 Å². The van der Waals surface area contributed by atoms with E-state index in [2.05, 4.69) is 9.98 Å². The zero-order valence-corrected chi connectivity index (χ0v) is 15.4. The maximum Gasteiger partial charge on any atom is 0.419 e. The highest BCUT2D eigenvalue weighted by Gasteiger charge is 2.34. The van der Waals surface area contributed by atoms with Gasteiger partial charge in [0, 0.05) is 11.6 Å². The Bertz CT molecular complexity index is 1080. The topological polar surface area (TPSA) is 77.6 Å². The number of pyridine rings is 1. The van der Waals surface area contributed by atoms with Crippen LogP contribution in [0.25, 0.3) is 11.3 Å². The van der Waals surface area contributed by atoms with E-state index in [1.165, 1.54) is 6.07 Å². The molecular weight excluding hydrogens is 402 g/mol. The number of aliphatic imine (C=N–C) groups is 1. The molecule has 3 rings (SSSR count). The zero-order chi connectivity index (χ0) is 21.7. The number of rotatable bonds is 6. The SMILES string of the molecule is N/C=N\c1nc(-c2ccc(F)c(C(F)(F)F)c2)cc(OCc2ccccc2)c1C=O. The fourth-order valence-electron chi connectivity index (χ4n) is 2.70. The van der Waals surface area contributed by atoms with Crippen molar-refractivity contribution in [1.29, 1.82) is 0 Å². The number of benzene rings is 2. The highest BCUT2D eigenvalue weighted by Crippen LogP contribution is 2.36. The number of ether oxygens (including phenoxy) is 1. The molecule has 0 bridgehead atoms. The van der Waals surface area contributed by atoms with Gasteiger partial charge in [0.2, 0.25) is 0 Å². The summed E-state index contributed by atoms with van der Waals surface area (Å²) >= 11 is 0. The molecule has 0 atom stereocenters. The molecule has 0 amide bonds. The van der Waals surface area contributed by atoms with Crippen molar-refractivity contribution in [1.82, 2.24) is 4.98 Å². The summed E-state index contributed by atoms with van der Waals surface area (Å²) in [5.41, 5.74) is 4.63. The second-order valence-electron chi connectivity index (χ2n) is 6.11. The Labute approximate surface area is 168 Å². The number of aldehydes is 1. The lowest BCUT2D eigenvalue weighted by Gasteiger charge is -2.14. The molecule has 3 aromatic rings. The van der Waals surface area contributed by atoms with Gasteiger partial charge in [0.15, 0.2) is 12.1 Å². The van der Waals surface area contributed by atoms with Crippen molar-refractivity contribution < 1.29 is 27.1 Å². The van der Waals surface area contributed by atoms with Crippen molar-refractivity contribution in [3.8, 4) is 17.0 Å². The van der Waals surface area contributed by atoms with E-state index in [0.717, 1.165) is 18.0 Å². The standard InChI is InChI=1S/C21H15F4N3O2/c22-17-7-6-14(8-16(17)21(23,24)25)18-9-19(15(10-29)20(28-18)27-12-26)30-11-13-4-2-1-3-5-13/h1-10,12H,11H2,(H2,26,27,28). The molecule has 0 fully saturated rings. The Morgan fingerprint density at radius 2 is 1.83 bits per heavy atom. The smallest absolute Gasteiger partial charge is 0.419 e. The van der Waals surface area contributed by atoms with E-state index in [4.69, 9.17) is 10.5 Å². The van der Waals surface area contributed by atoms with E-state index in [0.29, 0.717) is 18.4 Å². The van der Waals surface area contributed by atoms with Gasteiger partial charge in [0.1, 0.15) is 23.7 Å². The van der Waals surface area contributed by atoms with Crippen LogP contribution in [0.1, 0.15) is 21.5 Å². The van der Waals surface area contributed by atoms with E-state index < -0.39 is 17.6 Å². The second-order valence-corrected chi connectivity index (χ2v) is 6.11. The number of nitrogens with two attached hydrogens (primary N) is 1. The average molecular weight is 417 g/mol. The minimum absolute atomic E-state index is 0.00904. The largest absolute Gasteiger partial charge is 0.488 e. The maximum absolute atomic E-state index is 13.6. The zero-order valence-electron chi connectivity index (χ0n) is 15.4. The second kappa shape index (κ2) is 8.73. The van der Waals surface area contributed by atoms with Gasteiger partial charge < -0.3 is 10.5 Å². The summed E-state index contributed by atoms with van der Waals surface area (Å²) in [4.78, 5) is 19.5. The number of aromatic nitrogens is 1. The first-order valence-electron chi connectivity index (χ1n) is 8.62. The maximum atomic E-state index is 13.6. The quantitative estimate of drug-likeness (QED) is 0.267. The predicted molar refractivity (Wildman–Crippen MR) is 103 cm³/mol. The van der Waals surface area contributed by atoms with Crippen molar-refractivity contribution in [3.05, 3.63) is 77.1 Å². The molecule has 5 nitrogen and oxygen atoms in total. The number of hydrogen-bond acceptors (Lipinski definition) is 4. The van der Waals surface area contributed by atoms with E-state index in [9.17, 15) is 22.4 Å². The van der Waals surface area contributed by atoms with Crippen LogP contribution in [0.5, 0.6) is 5.75 Å². The molecule has 0 spiro atoms. The lowest BCUT2D eigenvalue weighted by molar-refractivity contribution is -0.139. The number of carbonyl (C=O) groups excluding carboxylic acids is 1. The molecule has 9 heteroatoms. The lowest BCUT2D eigenvalue weighted by atomic mass is 10.1. The van der Waals surface area contributed by atoms with Gasteiger partial charge in [-0.3, -0.25) is 4.79 Å². The molecule has 154 valence electrons. The van der Waals surface area contributed by atoms with Gasteiger partial charge in [-0.2, -0.15) is 13.2 Å². The van der Waals surface area contributed by atoms with Crippen LogP contribution in [0.4, 0.5) is 23.4 Å². The first kappa shape index (κ1) is 21.0. The van der Waals surface area contributed by atoms with Gasteiger partial charge in [-0.1, -0.05) is 30.3 Å². The van der Waals surface area contributed by atoms with E-state index in [1.54, 1.807) is 24.3 Å². The molecule has 1 heterocycles. The number of nitrogens with zero attached hydrogens (tertiary/aromatic N) is 2. The predicted octanol–water partition coefficient (Wildman–Crippen LogP) is 4.92. The molecular formula is C21H15F4N3O2. The third-order valence-electron chi connectivity index (χ3n) is 4.12. The van der Waals surface area contributed by atoms with Crippen molar-refractivity contribution in [2.24, 2.45) is 10.7 Å². The molecule has 2 aromatic carbocycles. The lowest BCUT2D eigenvalue weighted by Crippen LogP contribution is -2.08. The molecule has 0 saturated heterocycles. The molecule has 1 aromatic heterocycles. The summed E-state index contributed by atoms with van der Waals surface area (Å²) in [6.45, 7) is 0.0914. The van der Waals surface area contributed by atoms with Gasteiger partial charge >= 0.3 is 6.18 Å². The average Bonchev–Trinajstić information content (AvgIpc) is 2.72. The molecule has 0 aliphatic rings. The summed E-state index contributed by atoms with van der Waals surface area (Å²) in [7, 11) is 0. The van der Waals surface area contributed by atoms with E-state index in [-0.39, 0.29) is 35.0 Å². The number of alkyl halides is 3. The van der Waals surface area contributed by atoms with Gasteiger partial charge in [0.05, 0.1) is 17.6 Å². The van der Waals surface area contributed by atoms with Crippen molar-refractivity contribution in [2.75, 3.05) is 0 Å². The van der Waals surface area contributed by atoms with Crippen LogP contribution in [0, 0.1) is 5.82 Å². The Hall–Kier alpha value is -3.75. The summed E-state index contributed by atoms with van der Waals surface area (Å²) in [6, 6.07) is 12.8. The van der Waals surface area contributed by atoms with Gasteiger partial charge in [-0.15, -0.1) is 0 Å². The fourth-order valence-corrected chi connectivity index (χ4v) is 2.70. The van der Waals surface area contributed by atoms with Crippen molar-refractivity contribution >= 4 is 18.4 Å². The molecule has 0 unspecified atom stereocenters. The third kappa shape index (κ3) is 4.62. The molecule has 0 saturated carbocycles. The van der Waals surface area contributed by atoms with Crippen LogP contribution in [0.3, 0.4) is 0 Å². The number of halogens is 4. The monoisotopic (exact) mass is 417 g/mol. The van der Waals surface area contributed by atoms with Gasteiger partial charge in [-0.05, 0) is 23.8 Å².